The highest BCUT2D eigenvalue weighted by Crippen LogP contribution is 2.08. The molecule has 0 aliphatic carbocycles. The summed E-state index contributed by atoms with van der Waals surface area (Å²) >= 11 is 0. The summed E-state index contributed by atoms with van der Waals surface area (Å²) < 4.78 is 0. The first-order valence-corrected chi connectivity index (χ1v) is 9.26. The van der Waals surface area contributed by atoms with Crippen LogP contribution >= 0.6 is 0 Å². The molecule has 1 aliphatic rings. The number of carboxylic acid groups (broad SMARTS) is 1. The molecule has 0 bridgehead atoms. The number of carbonyl (C=O) groups excluding carboxylic acids is 3. The SMILES string of the molecule is NC(=O)CC[C@H](NC(=O)[C@H](Cc1ccccc1)NC(=O)[C@@H]1CCCN1)C(=O)O. The first kappa shape index (κ1) is 21.4. The molecule has 1 aliphatic heterocycles. The second-order valence-corrected chi connectivity index (χ2v) is 6.80. The van der Waals surface area contributed by atoms with E-state index in [-0.39, 0.29) is 31.2 Å². The Labute approximate surface area is 163 Å². The van der Waals surface area contributed by atoms with Crippen molar-refractivity contribution in [2.75, 3.05) is 6.54 Å². The smallest absolute Gasteiger partial charge is 0.326 e. The van der Waals surface area contributed by atoms with E-state index in [0.29, 0.717) is 6.42 Å². The normalized spacial score (nSPS) is 18.1. The summed E-state index contributed by atoms with van der Waals surface area (Å²) in [5, 5.41) is 17.5. The van der Waals surface area contributed by atoms with Crippen molar-refractivity contribution in [3.8, 4) is 0 Å². The van der Waals surface area contributed by atoms with Gasteiger partial charge in [0.2, 0.25) is 17.7 Å². The second kappa shape index (κ2) is 10.4. The molecule has 0 aromatic heterocycles. The molecule has 152 valence electrons. The lowest BCUT2D eigenvalue weighted by molar-refractivity contribution is -0.142. The number of hydrogen-bond donors (Lipinski definition) is 5. The van der Waals surface area contributed by atoms with Gasteiger partial charge >= 0.3 is 5.97 Å². The first-order chi connectivity index (χ1) is 13.4. The molecule has 0 radical (unpaired) electrons. The lowest BCUT2D eigenvalue weighted by atomic mass is 10.0. The van der Waals surface area contributed by atoms with Crippen LogP contribution in [0.4, 0.5) is 0 Å². The molecule has 28 heavy (non-hydrogen) atoms. The molecule has 1 heterocycles. The Balaban J connectivity index is 2.08. The van der Waals surface area contributed by atoms with E-state index in [1.165, 1.54) is 0 Å². The molecule has 1 fully saturated rings. The Kier molecular flexibility index (Phi) is 7.94. The quantitative estimate of drug-likeness (QED) is 0.356. The average Bonchev–Trinajstić information content (AvgIpc) is 3.19. The van der Waals surface area contributed by atoms with E-state index in [4.69, 9.17) is 5.73 Å². The van der Waals surface area contributed by atoms with Crippen molar-refractivity contribution in [1.29, 1.82) is 0 Å². The van der Waals surface area contributed by atoms with Gasteiger partial charge in [-0.1, -0.05) is 30.3 Å². The van der Waals surface area contributed by atoms with Gasteiger partial charge in [0.05, 0.1) is 6.04 Å². The van der Waals surface area contributed by atoms with Gasteiger partial charge in [-0.2, -0.15) is 0 Å². The van der Waals surface area contributed by atoms with Crippen molar-refractivity contribution in [1.82, 2.24) is 16.0 Å². The van der Waals surface area contributed by atoms with Crippen molar-refractivity contribution in [2.24, 2.45) is 5.73 Å². The maximum atomic E-state index is 12.7. The topological polar surface area (TPSA) is 151 Å². The van der Waals surface area contributed by atoms with E-state index in [1.807, 2.05) is 30.3 Å². The highest BCUT2D eigenvalue weighted by Gasteiger charge is 2.30. The average molecular weight is 390 g/mol. The third kappa shape index (κ3) is 6.66. The lowest BCUT2D eigenvalue weighted by Crippen LogP contribution is -2.55. The van der Waals surface area contributed by atoms with Crippen molar-refractivity contribution in [3.63, 3.8) is 0 Å². The molecule has 0 saturated carbocycles. The molecule has 3 atom stereocenters. The second-order valence-electron chi connectivity index (χ2n) is 6.80. The summed E-state index contributed by atoms with van der Waals surface area (Å²) in [6, 6.07) is 6.55. The van der Waals surface area contributed by atoms with E-state index in [0.717, 1.165) is 18.5 Å². The largest absolute Gasteiger partial charge is 0.480 e. The van der Waals surface area contributed by atoms with Crippen molar-refractivity contribution in [3.05, 3.63) is 35.9 Å². The monoisotopic (exact) mass is 390 g/mol. The fraction of sp³-hybridized carbons (Fsp3) is 0.474. The van der Waals surface area contributed by atoms with Crippen LogP contribution in [0.15, 0.2) is 30.3 Å². The summed E-state index contributed by atoms with van der Waals surface area (Å²) in [5.74, 6) is -2.83. The zero-order valence-electron chi connectivity index (χ0n) is 15.5. The highest BCUT2D eigenvalue weighted by atomic mass is 16.4. The first-order valence-electron chi connectivity index (χ1n) is 9.26. The number of nitrogens with two attached hydrogens (primary N) is 1. The number of amides is 3. The molecule has 1 saturated heterocycles. The van der Waals surface area contributed by atoms with Gasteiger partial charge in [-0.3, -0.25) is 14.4 Å². The summed E-state index contributed by atoms with van der Waals surface area (Å²) in [7, 11) is 0. The van der Waals surface area contributed by atoms with Crippen LogP contribution in [0.3, 0.4) is 0 Å². The molecule has 9 heteroatoms. The van der Waals surface area contributed by atoms with Crippen LogP contribution in [0.25, 0.3) is 0 Å². The van der Waals surface area contributed by atoms with Gasteiger partial charge < -0.3 is 26.8 Å². The van der Waals surface area contributed by atoms with Crippen molar-refractivity contribution >= 4 is 23.7 Å². The van der Waals surface area contributed by atoms with Crippen LogP contribution in [0.2, 0.25) is 0 Å². The minimum Gasteiger partial charge on any atom is -0.480 e. The molecule has 3 amide bonds. The van der Waals surface area contributed by atoms with E-state index in [1.54, 1.807) is 0 Å². The summed E-state index contributed by atoms with van der Waals surface area (Å²) in [5.41, 5.74) is 5.89. The predicted octanol–water partition coefficient (Wildman–Crippen LogP) is -0.699. The molecule has 2 rings (SSSR count). The Morgan fingerprint density at radius 3 is 2.43 bits per heavy atom. The number of carboxylic acids is 1. The molecule has 0 unspecified atom stereocenters. The molecular formula is C19H26N4O5. The minimum absolute atomic E-state index is 0.118. The van der Waals surface area contributed by atoms with Gasteiger partial charge in [-0.15, -0.1) is 0 Å². The van der Waals surface area contributed by atoms with E-state index >= 15 is 0 Å². The van der Waals surface area contributed by atoms with Gasteiger partial charge in [0.25, 0.3) is 0 Å². The lowest BCUT2D eigenvalue weighted by Gasteiger charge is -2.23. The highest BCUT2D eigenvalue weighted by molar-refractivity contribution is 5.92. The molecule has 0 spiro atoms. The maximum Gasteiger partial charge on any atom is 0.326 e. The Hall–Kier alpha value is -2.94. The standard InChI is InChI=1S/C19H26N4O5/c20-16(24)9-8-14(19(27)28)22-18(26)15(11-12-5-2-1-3-6-12)23-17(25)13-7-4-10-21-13/h1-3,5-6,13-15,21H,4,7-11H2,(H2,20,24)(H,22,26)(H,23,25)(H,27,28)/t13-,14-,15-/m0/s1. The zero-order chi connectivity index (χ0) is 20.5. The summed E-state index contributed by atoms with van der Waals surface area (Å²) in [4.78, 5) is 47.5. The van der Waals surface area contributed by atoms with Gasteiger partial charge in [-0.05, 0) is 31.4 Å². The van der Waals surface area contributed by atoms with Crippen molar-refractivity contribution < 1.29 is 24.3 Å². The van der Waals surface area contributed by atoms with Gasteiger partial charge in [0.1, 0.15) is 12.1 Å². The summed E-state index contributed by atoms with van der Waals surface area (Å²) in [6.07, 6.45) is 1.49. The number of benzene rings is 1. The van der Waals surface area contributed by atoms with Gasteiger partial charge in [0, 0.05) is 12.8 Å². The number of nitrogens with one attached hydrogen (secondary N) is 3. The Morgan fingerprint density at radius 1 is 1.14 bits per heavy atom. The van der Waals surface area contributed by atoms with Crippen molar-refractivity contribution in [2.45, 2.75) is 50.2 Å². The van der Waals surface area contributed by atoms with Crippen LogP contribution < -0.4 is 21.7 Å². The van der Waals surface area contributed by atoms with Crippen LogP contribution in [-0.4, -0.2) is 53.5 Å². The maximum absolute atomic E-state index is 12.7. The molecule has 6 N–H and O–H groups in total. The van der Waals surface area contributed by atoms with Crippen LogP contribution in [0.1, 0.15) is 31.2 Å². The number of primary amides is 1. The Morgan fingerprint density at radius 2 is 1.86 bits per heavy atom. The fourth-order valence-corrected chi connectivity index (χ4v) is 3.06. The van der Waals surface area contributed by atoms with Gasteiger partial charge in [-0.25, -0.2) is 4.79 Å². The summed E-state index contributed by atoms with van der Waals surface area (Å²) in [6.45, 7) is 0.738. The zero-order valence-corrected chi connectivity index (χ0v) is 15.5. The molecular weight excluding hydrogens is 364 g/mol. The van der Waals surface area contributed by atoms with Crippen LogP contribution in [-0.2, 0) is 25.6 Å². The molecule has 9 nitrogen and oxygen atoms in total. The van der Waals surface area contributed by atoms with Crippen LogP contribution in [0.5, 0.6) is 0 Å². The number of hydrogen-bond acceptors (Lipinski definition) is 5. The van der Waals surface area contributed by atoms with Crippen LogP contribution in [0, 0.1) is 0 Å². The third-order valence-electron chi connectivity index (χ3n) is 4.59. The third-order valence-corrected chi connectivity index (χ3v) is 4.59. The number of rotatable bonds is 10. The van der Waals surface area contributed by atoms with E-state index < -0.39 is 29.9 Å². The Bertz CT molecular complexity index is 704. The molecule has 1 aromatic carbocycles. The number of aliphatic carboxylic acids is 1. The fourth-order valence-electron chi connectivity index (χ4n) is 3.06. The number of carbonyl (C=O) groups is 4. The van der Waals surface area contributed by atoms with Gasteiger partial charge in [0.15, 0.2) is 0 Å². The molecule has 1 aromatic rings. The van der Waals surface area contributed by atoms with E-state index in [2.05, 4.69) is 16.0 Å². The van der Waals surface area contributed by atoms with E-state index in [9.17, 15) is 24.3 Å². The minimum atomic E-state index is -1.27. The predicted molar refractivity (Wildman–Crippen MR) is 101 cm³/mol.